The van der Waals surface area contributed by atoms with Gasteiger partial charge in [-0.2, -0.15) is 13.2 Å². The van der Waals surface area contributed by atoms with Crippen molar-refractivity contribution in [2.45, 2.75) is 25.6 Å². The van der Waals surface area contributed by atoms with Gasteiger partial charge in [0.25, 0.3) is 0 Å². The Labute approximate surface area is 110 Å². The van der Waals surface area contributed by atoms with E-state index >= 15 is 0 Å². The summed E-state index contributed by atoms with van der Waals surface area (Å²) in [6.45, 7) is 0.638. The lowest BCUT2D eigenvalue weighted by Crippen LogP contribution is -2.20. The molecule has 0 aromatic heterocycles. The molecular formula is C13H18F3NO2. The summed E-state index contributed by atoms with van der Waals surface area (Å²) in [5.41, 5.74) is 6.77. The van der Waals surface area contributed by atoms with E-state index in [9.17, 15) is 13.2 Å². The van der Waals surface area contributed by atoms with Gasteiger partial charge in [0, 0.05) is 11.6 Å². The molecule has 0 aliphatic heterocycles. The van der Waals surface area contributed by atoms with Gasteiger partial charge >= 0.3 is 6.18 Å². The van der Waals surface area contributed by atoms with Gasteiger partial charge < -0.3 is 15.2 Å². The third-order valence-corrected chi connectivity index (χ3v) is 2.51. The van der Waals surface area contributed by atoms with Crippen LogP contribution in [0, 0.1) is 0 Å². The summed E-state index contributed by atoms with van der Waals surface area (Å²) < 4.78 is 45.4. The zero-order chi connectivity index (χ0) is 14.3. The second-order valence-corrected chi connectivity index (χ2v) is 4.07. The number of rotatable bonds is 7. The first-order valence-electron chi connectivity index (χ1n) is 6.06. The van der Waals surface area contributed by atoms with Crippen LogP contribution in [0.25, 0.3) is 0 Å². The zero-order valence-electron chi connectivity index (χ0n) is 10.7. The minimum atomic E-state index is -4.30. The Morgan fingerprint density at radius 1 is 1.21 bits per heavy atom. The fraction of sp³-hybridized carbons (Fsp3) is 0.538. The molecule has 3 nitrogen and oxygen atoms in total. The predicted octanol–water partition coefficient (Wildman–Crippen LogP) is 3.05. The summed E-state index contributed by atoms with van der Waals surface area (Å²) in [6, 6.07) is 7.08. The first-order valence-corrected chi connectivity index (χ1v) is 6.06. The van der Waals surface area contributed by atoms with Crippen LogP contribution < -0.4 is 10.5 Å². The van der Waals surface area contributed by atoms with Crippen LogP contribution in [0.3, 0.4) is 0 Å². The highest BCUT2D eigenvalue weighted by atomic mass is 19.4. The molecule has 1 atom stereocenters. The summed E-state index contributed by atoms with van der Waals surface area (Å²) >= 11 is 0. The maximum absolute atomic E-state index is 11.8. The molecule has 19 heavy (non-hydrogen) atoms. The number of nitrogens with two attached hydrogens (primary N) is 1. The van der Waals surface area contributed by atoms with Crippen LogP contribution in [0.15, 0.2) is 24.3 Å². The van der Waals surface area contributed by atoms with E-state index < -0.39 is 12.8 Å². The predicted molar refractivity (Wildman–Crippen MR) is 66.0 cm³/mol. The van der Waals surface area contributed by atoms with Crippen LogP contribution in [-0.4, -0.2) is 26.0 Å². The maximum Gasteiger partial charge on any atom is 0.411 e. The summed E-state index contributed by atoms with van der Waals surface area (Å²) in [5.74, 6) is 0.590. The Morgan fingerprint density at radius 3 is 2.53 bits per heavy atom. The van der Waals surface area contributed by atoms with Crippen molar-refractivity contribution in [3.05, 3.63) is 29.8 Å². The molecule has 1 rings (SSSR count). The largest absolute Gasteiger partial charge is 0.491 e. The smallest absolute Gasteiger partial charge is 0.411 e. The van der Waals surface area contributed by atoms with E-state index in [2.05, 4.69) is 4.74 Å². The standard InChI is InChI=1S/C13H18F3NO2/c1-2-11(17)10-5-3-4-6-12(10)19-8-7-18-9-13(14,15)16/h3-6,11H,2,7-9,17H2,1H3/t11-/m0/s1. The van der Waals surface area contributed by atoms with Crippen LogP contribution in [-0.2, 0) is 4.74 Å². The van der Waals surface area contributed by atoms with Crippen molar-refractivity contribution in [1.29, 1.82) is 0 Å². The quantitative estimate of drug-likeness (QED) is 0.779. The van der Waals surface area contributed by atoms with Gasteiger partial charge in [-0.15, -0.1) is 0 Å². The van der Waals surface area contributed by atoms with Crippen LogP contribution in [0.4, 0.5) is 13.2 Å². The molecule has 108 valence electrons. The van der Waals surface area contributed by atoms with Gasteiger partial charge in [0.1, 0.15) is 19.0 Å². The van der Waals surface area contributed by atoms with E-state index in [4.69, 9.17) is 10.5 Å². The third kappa shape index (κ3) is 5.94. The molecule has 0 radical (unpaired) electrons. The monoisotopic (exact) mass is 277 g/mol. The van der Waals surface area contributed by atoms with E-state index in [1.54, 1.807) is 12.1 Å². The fourth-order valence-electron chi connectivity index (χ4n) is 1.54. The number of benzene rings is 1. The normalized spacial score (nSPS) is 13.3. The molecule has 1 aromatic rings. The van der Waals surface area contributed by atoms with E-state index in [0.29, 0.717) is 5.75 Å². The van der Waals surface area contributed by atoms with E-state index in [1.165, 1.54) is 0 Å². The first-order chi connectivity index (χ1) is 8.94. The van der Waals surface area contributed by atoms with E-state index in [-0.39, 0.29) is 19.3 Å². The Hall–Kier alpha value is -1.27. The van der Waals surface area contributed by atoms with Crippen molar-refractivity contribution in [1.82, 2.24) is 0 Å². The summed E-state index contributed by atoms with van der Waals surface area (Å²) in [7, 11) is 0. The average molecular weight is 277 g/mol. The topological polar surface area (TPSA) is 44.5 Å². The molecule has 1 aromatic carbocycles. The number of hydrogen-bond donors (Lipinski definition) is 1. The van der Waals surface area contributed by atoms with Crippen LogP contribution in [0.1, 0.15) is 24.9 Å². The highest BCUT2D eigenvalue weighted by Gasteiger charge is 2.27. The van der Waals surface area contributed by atoms with Gasteiger partial charge in [-0.3, -0.25) is 0 Å². The third-order valence-electron chi connectivity index (χ3n) is 2.51. The molecule has 2 N–H and O–H groups in total. The van der Waals surface area contributed by atoms with E-state index in [0.717, 1.165) is 12.0 Å². The summed E-state index contributed by atoms with van der Waals surface area (Å²) in [6.07, 6.45) is -3.55. The Balaban J connectivity index is 2.41. The fourth-order valence-corrected chi connectivity index (χ4v) is 1.54. The van der Waals surface area contributed by atoms with Crippen LogP contribution >= 0.6 is 0 Å². The van der Waals surface area contributed by atoms with Crippen molar-refractivity contribution in [3.63, 3.8) is 0 Å². The number of alkyl halides is 3. The van der Waals surface area contributed by atoms with Crippen molar-refractivity contribution in [2.24, 2.45) is 5.73 Å². The molecular weight excluding hydrogens is 259 g/mol. The zero-order valence-corrected chi connectivity index (χ0v) is 10.7. The number of para-hydroxylation sites is 1. The lowest BCUT2D eigenvalue weighted by molar-refractivity contribution is -0.175. The SMILES string of the molecule is CC[C@H](N)c1ccccc1OCCOCC(F)(F)F. The van der Waals surface area contributed by atoms with Gasteiger partial charge in [0.2, 0.25) is 0 Å². The molecule has 0 saturated heterocycles. The molecule has 0 saturated carbocycles. The average Bonchev–Trinajstić information content (AvgIpc) is 2.36. The van der Waals surface area contributed by atoms with Gasteiger partial charge in [-0.1, -0.05) is 25.1 Å². The number of ether oxygens (including phenoxy) is 2. The second-order valence-electron chi connectivity index (χ2n) is 4.07. The van der Waals surface area contributed by atoms with Gasteiger partial charge in [-0.05, 0) is 12.5 Å². The second kappa shape index (κ2) is 7.35. The van der Waals surface area contributed by atoms with Gasteiger partial charge in [-0.25, -0.2) is 0 Å². The first kappa shape index (κ1) is 15.8. The Kier molecular flexibility index (Phi) is 6.11. The highest BCUT2D eigenvalue weighted by Crippen LogP contribution is 2.25. The molecule has 0 aliphatic carbocycles. The molecule has 0 fully saturated rings. The van der Waals surface area contributed by atoms with Gasteiger partial charge in [0.05, 0.1) is 6.61 Å². The minimum Gasteiger partial charge on any atom is -0.491 e. The molecule has 0 spiro atoms. The molecule has 0 heterocycles. The van der Waals surface area contributed by atoms with Crippen molar-refractivity contribution in [3.8, 4) is 5.75 Å². The van der Waals surface area contributed by atoms with E-state index in [1.807, 2.05) is 19.1 Å². The molecule has 0 bridgehead atoms. The summed E-state index contributed by atoms with van der Waals surface area (Å²) in [5, 5.41) is 0. The maximum atomic E-state index is 11.8. The minimum absolute atomic E-state index is 0.0591. The number of hydrogen-bond acceptors (Lipinski definition) is 3. The van der Waals surface area contributed by atoms with Crippen LogP contribution in [0.5, 0.6) is 5.75 Å². The Bertz CT molecular complexity index is 382. The van der Waals surface area contributed by atoms with Crippen molar-refractivity contribution < 1.29 is 22.6 Å². The van der Waals surface area contributed by atoms with Crippen molar-refractivity contribution in [2.75, 3.05) is 19.8 Å². The molecule has 0 aliphatic rings. The molecule has 0 amide bonds. The highest BCUT2D eigenvalue weighted by molar-refractivity contribution is 5.35. The molecule has 0 unspecified atom stereocenters. The van der Waals surface area contributed by atoms with Crippen molar-refractivity contribution >= 4 is 0 Å². The van der Waals surface area contributed by atoms with Gasteiger partial charge in [0.15, 0.2) is 0 Å². The Morgan fingerprint density at radius 2 is 1.89 bits per heavy atom. The molecule has 6 heteroatoms. The number of halogens is 3. The lowest BCUT2D eigenvalue weighted by Gasteiger charge is -2.15. The van der Waals surface area contributed by atoms with Crippen LogP contribution in [0.2, 0.25) is 0 Å². The lowest BCUT2D eigenvalue weighted by atomic mass is 10.0. The summed E-state index contributed by atoms with van der Waals surface area (Å²) in [4.78, 5) is 0.